The van der Waals surface area contributed by atoms with Gasteiger partial charge in [0.2, 0.25) is 0 Å². The summed E-state index contributed by atoms with van der Waals surface area (Å²) in [5.41, 5.74) is 0. The first-order chi connectivity index (χ1) is 10.2. The van der Waals surface area contributed by atoms with Gasteiger partial charge in [0.1, 0.15) is 0 Å². The van der Waals surface area contributed by atoms with Crippen LogP contribution in [0, 0.1) is 0 Å². The molecule has 0 atom stereocenters. The molecule has 0 aliphatic carbocycles. The lowest BCUT2D eigenvalue weighted by Crippen LogP contribution is -2.33. The van der Waals surface area contributed by atoms with Crippen molar-refractivity contribution in [1.82, 2.24) is 0 Å². The number of rotatable bonds is 10. The summed E-state index contributed by atoms with van der Waals surface area (Å²) in [4.78, 5) is 0. The minimum atomic E-state index is -4.23. The molecule has 0 bridgehead atoms. The first-order valence-corrected chi connectivity index (χ1v) is 10.9. The fraction of sp³-hybridized carbons (Fsp3) is 1.00. The van der Waals surface area contributed by atoms with Gasteiger partial charge in [-0.2, -0.15) is 0 Å². The van der Waals surface area contributed by atoms with Gasteiger partial charge < -0.3 is 23.2 Å². The molecule has 1 N–H and O–H groups in total. The Kier molecular flexibility index (Phi) is 8.67. The minimum absolute atomic E-state index is 0.516. The molecule has 0 aliphatic heterocycles. The normalized spacial score (nSPS) is 14.5. The van der Waals surface area contributed by atoms with Crippen molar-refractivity contribution < 1.29 is 32.3 Å². The lowest BCUT2D eigenvalue weighted by atomic mass is 10.5. The maximum absolute atomic E-state index is 13.2. The van der Waals surface area contributed by atoms with Crippen LogP contribution in [0.4, 0.5) is 0 Å². The van der Waals surface area contributed by atoms with E-state index < -0.39 is 44.7 Å². The molecule has 7 nitrogen and oxygen atoms in total. The van der Waals surface area contributed by atoms with Crippen LogP contribution in [0.1, 0.15) is 62.3 Å². The first kappa shape index (κ1) is 23.3. The third-order valence-electron chi connectivity index (χ3n) is 2.44. The molecule has 0 saturated heterocycles. The van der Waals surface area contributed by atoms with Crippen molar-refractivity contribution in [1.29, 1.82) is 0 Å². The predicted octanol–water partition coefficient (Wildman–Crippen LogP) is 4.74. The van der Waals surface area contributed by atoms with E-state index in [1.165, 1.54) is 0 Å². The van der Waals surface area contributed by atoms with Crippen LogP contribution >= 0.6 is 15.2 Å². The number of hydrogen-bond acceptors (Lipinski definition) is 7. The largest absolute Gasteiger partial charge is 0.374 e. The maximum atomic E-state index is 13.2. The van der Waals surface area contributed by atoms with Gasteiger partial charge in [0, 0.05) is 0 Å². The molecule has 0 unspecified atom stereocenters. The molecule has 23 heavy (non-hydrogen) atoms. The lowest BCUT2D eigenvalue weighted by molar-refractivity contribution is 0.0536. The Morgan fingerprint density at radius 2 is 0.826 bits per heavy atom. The molecule has 0 fully saturated rings. The average Bonchev–Trinajstić information content (AvgIpc) is 2.22. The smallest absolute Gasteiger partial charge is 0.368 e. The Labute approximate surface area is 140 Å². The first-order valence-electron chi connectivity index (χ1n) is 7.83. The Morgan fingerprint density at radius 3 is 0.957 bits per heavy atom. The average molecular weight is 374 g/mol. The topological polar surface area (TPSA) is 91.3 Å². The highest BCUT2D eigenvalue weighted by Crippen LogP contribution is 2.77. The molecule has 0 radical (unpaired) electrons. The highest BCUT2D eigenvalue weighted by Gasteiger charge is 2.63. The van der Waals surface area contributed by atoms with E-state index in [9.17, 15) is 14.2 Å². The summed E-state index contributed by atoms with van der Waals surface area (Å²) in [5.74, 6) is 0. The summed E-state index contributed by atoms with van der Waals surface area (Å²) >= 11 is 0. The van der Waals surface area contributed by atoms with Crippen molar-refractivity contribution in [2.45, 2.75) is 91.8 Å². The Hall–Kier alpha value is 0.260. The summed E-state index contributed by atoms with van der Waals surface area (Å²) in [6, 6.07) is 0. The van der Waals surface area contributed by atoms with Gasteiger partial charge in [-0.3, -0.25) is 9.13 Å². The third kappa shape index (κ3) is 6.24. The molecule has 0 amide bonds. The van der Waals surface area contributed by atoms with Gasteiger partial charge in [0.05, 0.1) is 24.4 Å². The second-order valence-corrected chi connectivity index (χ2v) is 11.5. The minimum Gasteiger partial charge on any atom is -0.368 e. The fourth-order valence-electron chi connectivity index (χ4n) is 1.71. The van der Waals surface area contributed by atoms with Crippen LogP contribution in [0.2, 0.25) is 0 Å². The number of hydrogen-bond donors (Lipinski definition) is 1. The van der Waals surface area contributed by atoms with E-state index in [-0.39, 0.29) is 0 Å². The van der Waals surface area contributed by atoms with E-state index in [0.717, 1.165) is 6.92 Å². The van der Waals surface area contributed by atoms with E-state index >= 15 is 0 Å². The quantitative estimate of drug-likeness (QED) is 0.552. The van der Waals surface area contributed by atoms with Gasteiger partial charge in [-0.1, -0.05) is 0 Å². The van der Waals surface area contributed by atoms with Crippen LogP contribution in [0.15, 0.2) is 0 Å². The molecule has 0 spiro atoms. The predicted molar refractivity (Wildman–Crippen MR) is 90.7 cm³/mol. The molecule has 0 aromatic rings. The lowest BCUT2D eigenvalue weighted by Gasteiger charge is -2.38. The molecule has 9 heteroatoms. The van der Waals surface area contributed by atoms with Gasteiger partial charge in [-0.05, 0) is 62.3 Å². The molecule has 140 valence electrons. The van der Waals surface area contributed by atoms with E-state index in [2.05, 4.69) is 0 Å². The van der Waals surface area contributed by atoms with Crippen molar-refractivity contribution in [3.63, 3.8) is 0 Å². The van der Waals surface area contributed by atoms with Crippen LogP contribution in [0.25, 0.3) is 0 Å². The molecule has 0 heterocycles. The number of aliphatic hydroxyl groups is 1. The zero-order chi connectivity index (χ0) is 18.6. The molecule has 0 aromatic carbocycles. The van der Waals surface area contributed by atoms with Crippen LogP contribution in [-0.4, -0.2) is 34.6 Å². The van der Waals surface area contributed by atoms with Crippen LogP contribution in [0.3, 0.4) is 0 Å². The molecule has 0 aliphatic rings. The van der Waals surface area contributed by atoms with E-state index in [1.807, 2.05) is 0 Å². The van der Waals surface area contributed by atoms with Gasteiger partial charge in [0.25, 0.3) is 5.08 Å². The summed E-state index contributed by atoms with van der Waals surface area (Å²) < 4.78 is 48.0. The second kappa shape index (κ2) is 8.57. The van der Waals surface area contributed by atoms with E-state index in [1.54, 1.807) is 55.4 Å². The molecular weight excluding hydrogens is 342 g/mol. The fourth-order valence-corrected chi connectivity index (χ4v) is 6.59. The van der Waals surface area contributed by atoms with E-state index in [0.29, 0.717) is 0 Å². The van der Waals surface area contributed by atoms with Crippen LogP contribution in [-0.2, 0) is 27.2 Å². The highest BCUT2D eigenvalue weighted by atomic mass is 31.2. The van der Waals surface area contributed by atoms with Gasteiger partial charge >= 0.3 is 15.2 Å². The monoisotopic (exact) mass is 374 g/mol. The van der Waals surface area contributed by atoms with Crippen molar-refractivity contribution in [2.24, 2.45) is 0 Å². The SMILES string of the molecule is CC(C)OP(=O)(OC(C)C)C(C)(O)P(=O)(OC(C)C)OC(C)C. The van der Waals surface area contributed by atoms with Crippen LogP contribution in [0.5, 0.6) is 0 Å². The molecule has 0 aromatic heterocycles. The molecule has 0 saturated carbocycles. The van der Waals surface area contributed by atoms with Crippen molar-refractivity contribution in [2.75, 3.05) is 0 Å². The second-order valence-electron chi connectivity index (χ2n) is 6.58. The van der Waals surface area contributed by atoms with E-state index in [4.69, 9.17) is 18.1 Å². The summed E-state index contributed by atoms with van der Waals surface area (Å²) in [5, 5.41) is 8.48. The zero-order valence-corrected chi connectivity index (χ0v) is 17.4. The van der Waals surface area contributed by atoms with Gasteiger partial charge in [-0.25, -0.2) is 0 Å². The Balaban J connectivity index is 6.02. The summed E-state index contributed by atoms with van der Waals surface area (Å²) in [6.45, 7) is 14.3. The summed E-state index contributed by atoms with van der Waals surface area (Å²) in [6.07, 6.45) is -2.06. The molecular formula is C14H32O7P2. The van der Waals surface area contributed by atoms with Crippen molar-refractivity contribution in [3.05, 3.63) is 0 Å². The van der Waals surface area contributed by atoms with Crippen molar-refractivity contribution in [3.8, 4) is 0 Å². The Morgan fingerprint density at radius 1 is 0.652 bits per heavy atom. The highest BCUT2D eigenvalue weighted by molar-refractivity contribution is 7.73. The van der Waals surface area contributed by atoms with Gasteiger partial charge in [0.15, 0.2) is 0 Å². The third-order valence-corrected chi connectivity index (χ3v) is 8.78. The zero-order valence-electron chi connectivity index (χ0n) is 15.6. The van der Waals surface area contributed by atoms with Crippen LogP contribution < -0.4 is 0 Å². The maximum Gasteiger partial charge on any atom is 0.374 e. The van der Waals surface area contributed by atoms with Gasteiger partial charge in [-0.15, -0.1) is 0 Å². The standard InChI is InChI=1S/C14H32O7P2/c1-10(2)18-22(16,19-11(3)4)14(9,15)23(17,20-12(5)6)21-13(7)8/h10-13,15H,1-9H3. The summed E-state index contributed by atoms with van der Waals surface area (Å²) in [7, 11) is -8.45. The Bertz CT molecular complexity index is 390. The van der Waals surface area contributed by atoms with Crippen molar-refractivity contribution >= 4 is 15.2 Å². The molecule has 0 rings (SSSR count).